The molecule has 96 valence electrons. The van der Waals surface area contributed by atoms with E-state index in [-0.39, 0.29) is 5.82 Å². The summed E-state index contributed by atoms with van der Waals surface area (Å²) < 4.78 is 15.0. The number of fused-ring (bicyclic) bond motifs is 1. The van der Waals surface area contributed by atoms with Crippen molar-refractivity contribution in [2.24, 2.45) is 0 Å². The normalized spacial score (nSPS) is 11.9. The molecule has 1 aromatic carbocycles. The Hall–Kier alpha value is -1.84. The topological polar surface area (TPSA) is 42.2 Å². The van der Waals surface area contributed by atoms with Crippen LogP contribution in [0.4, 0.5) is 4.39 Å². The maximum atomic E-state index is 13.3. The molecule has 1 heterocycles. The first-order valence-electron chi connectivity index (χ1n) is 6.05. The van der Waals surface area contributed by atoms with Crippen LogP contribution in [0.2, 0.25) is 0 Å². The summed E-state index contributed by atoms with van der Waals surface area (Å²) in [7, 11) is 0. The predicted molar refractivity (Wildman–Crippen MR) is 68.1 cm³/mol. The Bertz CT molecular complexity index is 584. The van der Waals surface area contributed by atoms with Gasteiger partial charge in [0.05, 0.1) is 5.52 Å². The van der Waals surface area contributed by atoms with Crippen LogP contribution in [0.3, 0.4) is 0 Å². The van der Waals surface area contributed by atoms with Crippen LogP contribution < -0.4 is 0 Å². The van der Waals surface area contributed by atoms with E-state index in [0.29, 0.717) is 18.4 Å². The number of hydrogen-bond acceptors (Lipinski definition) is 1. The minimum Gasteiger partial charge on any atom is -0.479 e. The van der Waals surface area contributed by atoms with Crippen molar-refractivity contribution in [3.63, 3.8) is 0 Å². The Kier molecular flexibility index (Phi) is 3.11. The molecule has 2 aromatic rings. The molecule has 0 saturated heterocycles. The summed E-state index contributed by atoms with van der Waals surface area (Å²) in [5.41, 5.74) is -0.378. The molecule has 0 amide bonds. The molecule has 0 saturated carbocycles. The number of carboxylic acid groups (broad SMARTS) is 1. The lowest BCUT2D eigenvalue weighted by molar-refractivity contribution is -0.147. The van der Waals surface area contributed by atoms with Crippen molar-refractivity contribution in [3.8, 4) is 0 Å². The van der Waals surface area contributed by atoms with Crippen molar-refractivity contribution >= 4 is 16.9 Å². The molecule has 18 heavy (non-hydrogen) atoms. The molecule has 2 rings (SSSR count). The van der Waals surface area contributed by atoms with Crippen LogP contribution in [0.5, 0.6) is 0 Å². The lowest BCUT2D eigenvalue weighted by atomic mass is 9.92. The number of carbonyl (C=O) groups is 1. The third-order valence-electron chi connectivity index (χ3n) is 3.68. The lowest BCUT2D eigenvalue weighted by Crippen LogP contribution is -2.40. The van der Waals surface area contributed by atoms with E-state index in [1.807, 2.05) is 19.9 Å². The van der Waals surface area contributed by atoms with E-state index in [4.69, 9.17) is 0 Å². The highest BCUT2D eigenvalue weighted by atomic mass is 19.1. The van der Waals surface area contributed by atoms with Crippen LogP contribution in [0.1, 0.15) is 26.7 Å². The highest BCUT2D eigenvalue weighted by Crippen LogP contribution is 2.31. The average Bonchev–Trinajstić information content (AvgIpc) is 2.75. The van der Waals surface area contributed by atoms with Gasteiger partial charge in [-0.25, -0.2) is 9.18 Å². The fourth-order valence-corrected chi connectivity index (χ4v) is 2.47. The number of aromatic nitrogens is 1. The Morgan fingerprint density at radius 2 is 2.00 bits per heavy atom. The van der Waals surface area contributed by atoms with Crippen LogP contribution in [0.25, 0.3) is 10.9 Å². The maximum Gasteiger partial charge on any atom is 0.329 e. The minimum absolute atomic E-state index is 0.353. The SMILES string of the molecule is CCC(CC)(C(=O)O)n1ccc2ccc(F)cc21. The van der Waals surface area contributed by atoms with Crippen molar-refractivity contribution in [2.75, 3.05) is 0 Å². The average molecular weight is 249 g/mol. The second kappa shape index (κ2) is 4.44. The molecule has 4 heteroatoms. The van der Waals surface area contributed by atoms with Gasteiger partial charge in [-0.05, 0) is 42.5 Å². The molecular formula is C14H16FNO2. The first-order valence-corrected chi connectivity index (χ1v) is 6.05. The molecule has 0 aliphatic carbocycles. The molecule has 0 spiro atoms. The van der Waals surface area contributed by atoms with E-state index in [1.165, 1.54) is 12.1 Å². The van der Waals surface area contributed by atoms with Crippen molar-refractivity contribution in [1.82, 2.24) is 4.57 Å². The van der Waals surface area contributed by atoms with E-state index < -0.39 is 11.5 Å². The fraction of sp³-hybridized carbons (Fsp3) is 0.357. The van der Waals surface area contributed by atoms with E-state index in [0.717, 1.165) is 5.39 Å². The number of rotatable bonds is 4. The van der Waals surface area contributed by atoms with Gasteiger partial charge in [-0.1, -0.05) is 13.8 Å². The number of nitrogens with zero attached hydrogens (tertiary/aromatic N) is 1. The molecule has 0 atom stereocenters. The Morgan fingerprint density at radius 1 is 1.33 bits per heavy atom. The highest BCUT2D eigenvalue weighted by molar-refractivity contribution is 5.85. The van der Waals surface area contributed by atoms with Crippen LogP contribution in [0, 0.1) is 5.82 Å². The van der Waals surface area contributed by atoms with Crippen molar-refractivity contribution < 1.29 is 14.3 Å². The van der Waals surface area contributed by atoms with Gasteiger partial charge >= 0.3 is 5.97 Å². The standard InChI is InChI=1S/C14H16FNO2/c1-3-14(4-2,13(17)18)16-8-7-10-5-6-11(15)9-12(10)16/h5-9H,3-4H2,1-2H3,(H,17,18). The van der Waals surface area contributed by atoms with Gasteiger partial charge in [0.25, 0.3) is 0 Å². The summed E-state index contributed by atoms with van der Waals surface area (Å²) in [5.74, 6) is -1.23. The van der Waals surface area contributed by atoms with E-state index in [9.17, 15) is 14.3 Å². The first-order chi connectivity index (χ1) is 8.55. The number of benzene rings is 1. The van der Waals surface area contributed by atoms with Gasteiger partial charge in [-0.15, -0.1) is 0 Å². The van der Waals surface area contributed by atoms with Crippen LogP contribution in [-0.2, 0) is 10.3 Å². The molecule has 0 fully saturated rings. The largest absolute Gasteiger partial charge is 0.479 e. The second-order valence-electron chi connectivity index (χ2n) is 4.43. The van der Waals surface area contributed by atoms with E-state index in [1.54, 1.807) is 16.8 Å². The Morgan fingerprint density at radius 3 is 2.56 bits per heavy atom. The van der Waals surface area contributed by atoms with Gasteiger partial charge in [-0.2, -0.15) is 0 Å². The fourth-order valence-electron chi connectivity index (χ4n) is 2.47. The van der Waals surface area contributed by atoms with E-state index in [2.05, 4.69) is 0 Å². The smallest absolute Gasteiger partial charge is 0.329 e. The molecule has 0 bridgehead atoms. The zero-order chi connectivity index (χ0) is 13.3. The molecule has 1 aromatic heterocycles. The summed E-state index contributed by atoms with van der Waals surface area (Å²) in [5, 5.41) is 10.4. The van der Waals surface area contributed by atoms with Gasteiger partial charge in [0, 0.05) is 6.20 Å². The minimum atomic E-state index is -1.00. The van der Waals surface area contributed by atoms with Gasteiger partial charge in [0.1, 0.15) is 11.4 Å². The van der Waals surface area contributed by atoms with E-state index >= 15 is 0 Å². The summed E-state index contributed by atoms with van der Waals surface area (Å²) >= 11 is 0. The molecular weight excluding hydrogens is 233 g/mol. The third-order valence-corrected chi connectivity index (χ3v) is 3.68. The first kappa shape index (κ1) is 12.6. The number of halogens is 1. The quantitative estimate of drug-likeness (QED) is 0.902. The summed E-state index contributed by atoms with van der Waals surface area (Å²) in [4.78, 5) is 11.6. The molecule has 0 aliphatic heterocycles. The van der Waals surface area contributed by atoms with Crippen LogP contribution >= 0.6 is 0 Å². The summed E-state index contributed by atoms with van der Waals surface area (Å²) in [6, 6.07) is 6.25. The number of hydrogen-bond donors (Lipinski definition) is 1. The van der Waals surface area contributed by atoms with Gasteiger partial charge in [0.2, 0.25) is 0 Å². The van der Waals surface area contributed by atoms with Crippen molar-refractivity contribution in [2.45, 2.75) is 32.2 Å². The van der Waals surface area contributed by atoms with Gasteiger partial charge in [-0.3, -0.25) is 0 Å². The van der Waals surface area contributed by atoms with Crippen LogP contribution in [-0.4, -0.2) is 15.6 Å². The lowest BCUT2D eigenvalue weighted by Gasteiger charge is -2.29. The van der Waals surface area contributed by atoms with Crippen LogP contribution in [0.15, 0.2) is 30.5 Å². The Labute approximate surface area is 105 Å². The van der Waals surface area contributed by atoms with Crippen molar-refractivity contribution in [3.05, 3.63) is 36.3 Å². The van der Waals surface area contributed by atoms with Gasteiger partial charge < -0.3 is 9.67 Å². The zero-order valence-electron chi connectivity index (χ0n) is 10.5. The summed E-state index contributed by atoms with van der Waals surface area (Å²) in [6.07, 6.45) is 2.64. The zero-order valence-corrected chi connectivity index (χ0v) is 10.5. The molecule has 0 unspecified atom stereocenters. The third kappa shape index (κ3) is 1.68. The maximum absolute atomic E-state index is 13.3. The number of aliphatic carboxylic acids is 1. The second-order valence-corrected chi connectivity index (χ2v) is 4.43. The molecule has 0 aliphatic rings. The predicted octanol–water partition coefficient (Wildman–Crippen LogP) is 3.38. The molecule has 3 nitrogen and oxygen atoms in total. The van der Waals surface area contributed by atoms with Crippen molar-refractivity contribution in [1.29, 1.82) is 0 Å². The molecule has 0 radical (unpaired) electrons. The Balaban J connectivity index is 2.72. The monoisotopic (exact) mass is 249 g/mol. The summed E-state index contributed by atoms with van der Waals surface area (Å²) in [6.45, 7) is 3.67. The number of carboxylic acids is 1. The van der Waals surface area contributed by atoms with Gasteiger partial charge in [0.15, 0.2) is 0 Å². The highest BCUT2D eigenvalue weighted by Gasteiger charge is 2.37. The molecule has 1 N–H and O–H groups in total.